The molecule has 2 aliphatic heterocycles. The van der Waals surface area contributed by atoms with Crippen molar-refractivity contribution in [2.45, 2.75) is 0 Å². The number of H-pyrrole nitrogens is 1. The molecule has 5 rings (SSSR count). The van der Waals surface area contributed by atoms with Crippen LogP contribution in [0.3, 0.4) is 0 Å². The molecule has 0 spiro atoms. The fourth-order valence-electron chi connectivity index (χ4n) is 3.88. The minimum absolute atomic E-state index is 0.463. The Morgan fingerprint density at radius 1 is 1.04 bits per heavy atom. The largest absolute Gasteiger partial charge is 0.737 e. The van der Waals surface area contributed by atoms with Crippen molar-refractivity contribution in [3.05, 3.63) is 83.8 Å². The molecule has 0 aliphatic carbocycles. The van der Waals surface area contributed by atoms with Crippen LogP contribution in [-0.2, 0) is 0 Å². The van der Waals surface area contributed by atoms with Crippen molar-refractivity contribution in [2.24, 2.45) is 0 Å². The van der Waals surface area contributed by atoms with Gasteiger partial charge in [-0.1, -0.05) is 12.1 Å². The predicted molar refractivity (Wildman–Crippen MR) is 102 cm³/mol. The van der Waals surface area contributed by atoms with E-state index >= 15 is 8.63 Å². The van der Waals surface area contributed by atoms with Crippen LogP contribution in [0.4, 0.5) is 8.63 Å². The number of ether oxygens (including phenoxy) is 1. The summed E-state index contributed by atoms with van der Waals surface area (Å²) in [6, 6.07) is 14.6. The van der Waals surface area contributed by atoms with Crippen molar-refractivity contribution in [3.63, 3.8) is 0 Å². The Bertz CT molecular complexity index is 1120. The summed E-state index contributed by atoms with van der Waals surface area (Å²) in [6.07, 6.45) is 6.58. The molecule has 0 bridgehead atoms. The van der Waals surface area contributed by atoms with Crippen molar-refractivity contribution in [2.75, 3.05) is 7.11 Å². The minimum atomic E-state index is -4.00. The van der Waals surface area contributed by atoms with E-state index < -0.39 is 6.97 Å². The number of fused-ring (bicyclic) bond motifs is 2. The predicted octanol–water partition coefficient (Wildman–Crippen LogP) is 4.14. The lowest BCUT2D eigenvalue weighted by Crippen LogP contribution is -2.49. The van der Waals surface area contributed by atoms with Gasteiger partial charge in [-0.25, -0.2) is 0 Å². The van der Waals surface area contributed by atoms with Crippen molar-refractivity contribution in [3.8, 4) is 17.1 Å². The lowest BCUT2D eigenvalue weighted by molar-refractivity contribution is -0.356. The monoisotopic (exact) mass is 363 g/mol. The molecule has 0 radical (unpaired) electrons. The van der Waals surface area contributed by atoms with Crippen LogP contribution in [0.2, 0.25) is 0 Å². The summed E-state index contributed by atoms with van der Waals surface area (Å²) in [5, 5.41) is 0. The Morgan fingerprint density at radius 3 is 2.52 bits per heavy atom. The van der Waals surface area contributed by atoms with Crippen LogP contribution < -0.4 is 4.74 Å². The van der Waals surface area contributed by atoms with Gasteiger partial charge in [-0.3, -0.25) is 0 Å². The molecule has 1 aromatic carbocycles. The molecule has 0 fully saturated rings. The van der Waals surface area contributed by atoms with Crippen LogP contribution in [0.1, 0.15) is 11.3 Å². The van der Waals surface area contributed by atoms with Crippen molar-refractivity contribution >= 4 is 18.8 Å². The van der Waals surface area contributed by atoms with Gasteiger partial charge in [-0.15, -0.1) is 0 Å². The molecule has 0 atom stereocenters. The van der Waals surface area contributed by atoms with Gasteiger partial charge in [0.05, 0.1) is 18.4 Å². The molecule has 2 aliphatic rings. The van der Waals surface area contributed by atoms with E-state index in [1.807, 2.05) is 24.3 Å². The van der Waals surface area contributed by atoms with Crippen LogP contribution in [0, 0.1) is 0 Å². The third kappa shape index (κ3) is 2.18. The van der Waals surface area contributed by atoms with Crippen molar-refractivity contribution in [1.82, 2.24) is 9.46 Å². The highest BCUT2D eigenvalue weighted by Crippen LogP contribution is 2.41. The summed E-state index contributed by atoms with van der Waals surface area (Å²) in [5.74, 6) is 0.725. The lowest BCUT2D eigenvalue weighted by Gasteiger charge is -2.32. The second-order valence-electron chi connectivity index (χ2n) is 6.55. The maximum absolute atomic E-state index is 15.5. The molecule has 0 amide bonds. The van der Waals surface area contributed by atoms with Gasteiger partial charge in [0.15, 0.2) is 5.70 Å². The second kappa shape index (κ2) is 5.57. The first-order chi connectivity index (χ1) is 13.1. The van der Waals surface area contributed by atoms with E-state index in [4.69, 9.17) is 4.74 Å². The quantitative estimate of drug-likeness (QED) is 0.697. The smallest absolute Gasteiger partial charge is 0.497 e. The normalized spacial score (nSPS) is 16.9. The molecule has 2 aromatic heterocycles. The van der Waals surface area contributed by atoms with Gasteiger partial charge in [0.25, 0.3) is 0 Å². The molecular formula is C20H16BF2N3O. The van der Waals surface area contributed by atoms with Gasteiger partial charge in [0.2, 0.25) is 0 Å². The second-order valence-corrected chi connectivity index (χ2v) is 6.55. The number of aromatic amines is 1. The molecule has 4 nitrogen and oxygen atoms in total. The van der Waals surface area contributed by atoms with Gasteiger partial charge in [0.1, 0.15) is 12.0 Å². The molecule has 0 saturated carbocycles. The maximum Gasteiger partial charge on any atom is 0.737 e. The number of halogens is 2. The number of nitrogens with one attached hydrogen (secondary N) is 1. The van der Waals surface area contributed by atoms with Crippen LogP contribution in [-0.4, -0.2) is 34.2 Å². The zero-order valence-corrected chi connectivity index (χ0v) is 14.6. The molecule has 4 heterocycles. The summed E-state index contributed by atoms with van der Waals surface area (Å²) in [7, 11) is 1.60. The fraction of sp³-hybridized carbons (Fsp3) is 0.0500. The Labute approximate surface area is 154 Å². The zero-order chi connectivity index (χ0) is 18.6. The van der Waals surface area contributed by atoms with Gasteiger partial charge < -0.3 is 27.3 Å². The molecular weight excluding hydrogens is 347 g/mol. The lowest BCUT2D eigenvalue weighted by atomic mass is 9.86. The van der Waals surface area contributed by atoms with Gasteiger partial charge in [-0.05, 0) is 42.0 Å². The van der Waals surface area contributed by atoms with Crippen LogP contribution in [0.15, 0.2) is 72.6 Å². The Kier molecular flexibility index (Phi) is 3.28. The van der Waals surface area contributed by atoms with E-state index in [1.54, 1.807) is 49.7 Å². The summed E-state index contributed by atoms with van der Waals surface area (Å²) >= 11 is 0. The van der Waals surface area contributed by atoms with Crippen LogP contribution >= 0.6 is 0 Å². The average Bonchev–Trinajstić information content (AvgIpc) is 3.42. The summed E-state index contributed by atoms with van der Waals surface area (Å²) < 4.78 is 38.4. The number of aromatic nitrogens is 2. The number of rotatable bonds is 3. The first-order valence-corrected chi connectivity index (χ1v) is 8.68. The molecule has 7 heteroatoms. The summed E-state index contributed by atoms with van der Waals surface area (Å²) in [6.45, 7) is -4.00. The highest BCUT2D eigenvalue weighted by atomic mass is 19.2. The van der Waals surface area contributed by atoms with Crippen LogP contribution in [0.25, 0.3) is 17.0 Å². The maximum atomic E-state index is 15.5. The number of hydrogen-bond acceptors (Lipinski definition) is 1. The van der Waals surface area contributed by atoms with Crippen molar-refractivity contribution < 1.29 is 17.9 Å². The fourth-order valence-corrected chi connectivity index (χ4v) is 3.88. The Balaban J connectivity index is 1.79. The topological polar surface area (TPSA) is 33.0 Å². The number of nitrogens with zero attached hydrogens (tertiary/aromatic N) is 2. The third-order valence-electron chi connectivity index (χ3n) is 5.11. The van der Waals surface area contributed by atoms with E-state index in [9.17, 15) is 0 Å². The average molecular weight is 363 g/mol. The van der Waals surface area contributed by atoms with Gasteiger partial charge in [-0.2, -0.15) is 0 Å². The van der Waals surface area contributed by atoms with E-state index in [1.165, 1.54) is 6.21 Å². The highest BCUT2D eigenvalue weighted by molar-refractivity contribution is 6.58. The van der Waals surface area contributed by atoms with E-state index in [0.717, 1.165) is 25.9 Å². The molecule has 0 unspecified atom stereocenters. The third-order valence-corrected chi connectivity index (χ3v) is 5.11. The first-order valence-electron chi connectivity index (χ1n) is 8.68. The number of allylic oxidation sites excluding steroid dienone is 2. The number of methoxy groups -OCH3 is 1. The molecule has 1 N–H and O–H groups in total. The summed E-state index contributed by atoms with van der Waals surface area (Å²) in [5.41, 5.74) is 3.76. The van der Waals surface area contributed by atoms with Gasteiger partial charge >= 0.3 is 6.97 Å². The van der Waals surface area contributed by atoms with Gasteiger partial charge in [0, 0.05) is 29.7 Å². The van der Waals surface area contributed by atoms with E-state index in [-0.39, 0.29) is 0 Å². The minimum Gasteiger partial charge on any atom is -0.497 e. The Hall–Kier alpha value is -3.35. The number of hydrogen-bond donors (Lipinski definition) is 1. The first kappa shape index (κ1) is 15.9. The van der Waals surface area contributed by atoms with Crippen molar-refractivity contribution in [1.29, 1.82) is 0 Å². The highest BCUT2D eigenvalue weighted by Gasteiger charge is 2.52. The van der Waals surface area contributed by atoms with Crippen LogP contribution in [0.5, 0.6) is 5.75 Å². The van der Waals surface area contributed by atoms with E-state index in [2.05, 4.69) is 4.98 Å². The zero-order valence-electron chi connectivity index (χ0n) is 14.6. The molecule has 134 valence electrons. The molecule has 3 aromatic rings. The molecule has 27 heavy (non-hydrogen) atoms. The summed E-state index contributed by atoms with van der Waals surface area (Å²) in [4.78, 5) is 3.04. The molecule has 0 saturated heterocycles. The Morgan fingerprint density at radius 2 is 1.81 bits per heavy atom. The number of benzene rings is 1. The standard InChI is InChI=1S/C20H16BF2N3O/c1-27-15-8-6-14(7-9-15)20-18-5-3-13-25(18)21(22,23)26-17(10-11-19(20)26)16-4-2-12-24-16/h2-13,24H,1H3. The SMILES string of the molecule is COc1ccc(C2=C3C=CC=[N+]3[B-](F)(F)n3c2ccc3-c2ccc[nH]2)cc1. The van der Waals surface area contributed by atoms with E-state index in [0.29, 0.717) is 22.8 Å².